The molecule has 0 bridgehead atoms. The van der Waals surface area contributed by atoms with Gasteiger partial charge in [0.05, 0.1) is 6.20 Å². The van der Waals surface area contributed by atoms with E-state index in [1.807, 2.05) is 14.0 Å². The maximum absolute atomic E-state index is 11.7. The monoisotopic (exact) mass is 278 g/mol. The zero-order chi connectivity index (χ0) is 13.8. The van der Waals surface area contributed by atoms with Crippen LogP contribution in [-0.2, 0) is 13.6 Å². The van der Waals surface area contributed by atoms with E-state index in [9.17, 15) is 4.79 Å². The molecule has 2 aromatic rings. The highest BCUT2D eigenvalue weighted by Crippen LogP contribution is 2.13. The molecule has 0 saturated heterocycles. The Bertz CT molecular complexity index is 577. The Labute approximate surface area is 116 Å². The molecule has 0 aliphatic carbocycles. The van der Waals surface area contributed by atoms with E-state index >= 15 is 0 Å². The highest BCUT2D eigenvalue weighted by atomic mass is 35.5. The Morgan fingerprint density at radius 2 is 2.05 bits per heavy atom. The quantitative estimate of drug-likeness (QED) is 0.907. The van der Waals surface area contributed by atoms with Gasteiger partial charge in [0, 0.05) is 35.6 Å². The van der Waals surface area contributed by atoms with Gasteiger partial charge in [0.15, 0.2) is 0 Å². The predicted molar refractivity (Wildman–Crippen MR) is 75.3 cm³/mol. The standard InChI is InChI=1S/C13H15ClN4O/c1-9-10(8-16-18(9)2)7-15-13(19)17-12-5-3-11(14)4-6-12/h3-6,8H,7H2,1-2H3,(H2,15,17,19). The molecule has 2 rings (SSSR count). The van der Waals surface area contributed by atoms with Gasteiger partial charge in [-0.3, -0.25) is 4.68 Å². The Balaban J connectivity index is 1.88. The summed E-state index contributed by atoms with van der Waals surface area (Å²) in [5, 5.41) is 10.3. The van der Waals surface area contributed by atoms with Gasteiger partial charge in [0.1, 0.15) is 0 Å². The van der Waals surface area contributed by atoms with Crippen LogP contribution in [0.3, 0.4) is 0 Å². The molecule has 0 saturated carbocycles. The van der Waals surface area contributed by atoms with Crippen LogP contribution < -0.4 is 10.6 Å². The van der Waals surface area contributed by atoms with E-state index < -0.39 is 0 Å². The van der Waals surface area contributed by atoms with Gasteiger partial charge in [0.25, 0.3) is 0 Å². The third kappa shape index (κ3) is 3.48. The van der Waals surface area contributed by atoms with E-state index in [0.717, 1.165) is 11.3 Å². The van der Waals surface area contributed by atoms with Crippen molar-refractivity contribution in [1.82, 2.24) is 15.1 Å². The molecule has 1 aromatic heterocycles. The Morgan fingerprint density at radius 1 is 1.37 bits per heavy atom. The number of anilines is 1. The molecule has 1 aromatic carbocycles. The van der Waals surface area contributed by atoms with Crippen molar-refractivity contribution >= 4 is 23.3 Å². The van der Waals surface area contributed by atoms with Crippen molar-refractivity contribution in [2.75, 3.05) is 5.32 Å². The summed E-state index contributed by atoms with van der Waals surface area (Å²) in [5.41, 5.74) is 2.73. The summed E-state index contributed by atoms with van der Waals surface area (Å²) >= 11 is 5.77. The number of benzene rings is 1. The lowest BCUT2D eigenvalue weighted by Crippen LogP contribution is -2.28. The van der Waals surface area contributed by atoms with Crippen molar-refractivity contribution in [2.45, 2.75) is 13.5 Å². The number of aromatic nitrogens is 2. The van der Waals surface area contributed by atoms with Gasteiger partial charge in [0.2, 0.25) is 0 Å². The molecule has 6 heteroatoms. The van der Waals surface area contributed by atoms with E-state index in [1.165, 1.54) is 0 Å². The van der Waals surface area contributed by atoms with Crippen molar-refractivity contribution in [3.8, 4) is 0 Å². The van der Waals surface area contributed by atoms with Crippen molar-refractivity contribution < 1.29 is 4.79 Å². The summed E-state index contributed by atoms with van der Waals surface area (Å²) in [7, 11) is 1.87. The Hall–Kier alpha value is -2.01. The number of halogens is 1. The first-order valence-electron chi connectivity index (χ1n) is 5.84. The third-order valence-corrected chi connectivity index (χ3v) is 3.13. The summed E-state index contributed by atoms with van der Waals surface area (Å²) in [6.07, 6.45) is 1.75. The largest absolute Gasteiger partial charge is 0.334 e. The van der Waals surface area contributed by atoms with Crippen LogP contribution in [0.4, 0.5) is 10.5 Å². The zero-order valence-corrected chi connectivity index (χ0v) is 11.5. The number of rotatable bonds is 3. The van der Waals surface area contributed by atoms with E-state index in [-0.39, 0.29) is 6.03 Å². The molecular formula is C13H15ClN4O. The van der Waals surface area contributed by atoms with Gasteiger partial charge in [-0.1, -0.05) is 11.6 Å². The summed E-state index contributed by atoms with van der Waals surface area (Å²) in [6.45, 7) is 2.40. The minimum atomic E-state index is -0.259. The van der Waals surface area contributed by atoms with E-state index in [2.05, 4.69) is 15.7 Å². The van der Waals surface area contributed by atoms with Crippen molar-refractivity contribution in [1.29, 1.82) is 0 Å². The van der Waals surface area contributed by atoms with Crippen LogP contribution in [-0.4, -0.2) is 15.8 Å². The number of hydrogen-bond acceptors (Lipinski definition) is 2. The Morgan fingerprint density at radius 3 is 2.63 bits per heavy atom. The molecule has 0 aliphatic rings. The number of carbonyl (C=O) groups excluding carboxylic acids is 1. The molecule has 0 fully saturated rings. The van der Waals surface area contributed by atoms with Crippen LogP contribution in [0.1, 0.15) is 11.3 Å². The number of carbonyl (C=O) groups is 1. The molecule has 0 spiro atoms. The first-order valence-corrected chi connectivity index (χ1v) is 6.22. The SMILES string of the molecule is Cc1c(CNC(=O)Nc2ccc(Cl)cc2)cnn1C. The maximum atomic E-state index is 11.7. The lowest BCUT2D eigenvalue weighted by Gasteiger charge is -2.07. The average molecular weight is 279 g/mol. The molecule has 100 valence electrons. The molecule has 0 unspecified atom stereocenters. The van der Waals surface area contributed by atoms with Crippen LogP contribution in [0.15, 0.2) is 30.5 Å². The van der Waals surface area contributed by atoms with Crippen molar-refractivity contribution in [3.05, 3.63) is 46.7 Å². The van der Waals surface area contributed by atoms with E-state index in [1.54, 1.807) is 35.1 Å². The molecule has 0 radical (unpaired) electrons. The fraction of sp³-hybridized carbons (Fsp3) is 0.231. The van der Waals surface area contributed by atoms with Gasteiger partial charge in [-0.05, 0) is 31.2 Å². The third-order valence-electron chi connectivity index (χ3n) is 2.88. The number of nitrogens with zero attached hydrogens (tertiary/aromatic N) is 2. The average Bonchev–Trinajstić information content (AvgIpc) is 2.70. The summed E-state index contributed by atoms with van der Waals surface area (Å²) in [5.74, 6) is 0. The van der Waals surface area contributed by atoms with Crippen molar-refractivity contribution in [3.63, 3.8) is 0 Å². The van der Waals surface area contributed by atoms with Gasteiger partial charge in [-0.2, -0.15) is 5.10 Å². The van der Waals surface area contributed by atoms with Gasteiger partial charge < -0.3 is 10.6 Å². The van der Waals surface area contributed by atoms with Crippen LogP contribution in [0.2, 0.25) is 5.02 Å². The fourth-order valence-electron chi connectivity index (χ4n) is 1.60. The second kappa shape index (κ2) is 5.75. The second-order valence-corrected chi connectivity index (χ2v) is 4.63. The number of nitrogens with one attached hydrogen (secondary N) is 2. The number of urea groups is 1. The van der Waals surface area contributed by atoms with Crippen LogP contribution in [0.25, 0.3) is 0 Å². The minimum absolute atomic E-state index is 0.259. The highest BCUT2D eigenvalue weighted by Gasteiger charge is 2.06. The number of hydrogen-bond donors (Lipinski definition) is 2. The first kappa shape index (κ1) is 13.4. The summed E-state index contributed by atoms with van der Waals surface area (Å²) in [6, 6.07) is 6.69. The molecule has 19 heavy (non-hydrogen) atoms. The second-order valence-electron chi connectivity index (χ2n) is 4.19. The van der Waals surface area contributed by atoms with Gasteiger partial charge >= 0.3 is 6.03 Å². The molecule has 0 aliphatic heterocycles. The lowest BCUT2D eigenvalue weighted by molar-refractivity contribution is 0.251. The van der Waals surface area contributed by atoms with Gasteiger partial charge in [-0.15, -0.1) is 0 Å². The maximum Gasteiger partial charge on any atom is 0.319 e. The predicted octanol–water partition coefficient (Wildman–Crippen LogP) is 2.70. The summed E-state index contributed by atoms with van der Waals surface area (Å²) in [4.78, 5) is 11.7. The minimum Gasteiger partial charge on any atom is -0.334 e. The topological polar surface area (TPSA) is 59.0 Å². The fourth-order valence-corrected chi connectivity index (χ4v) is 1.73. The molecule has 0 atom stereocenters. The van der Waals surface area contributed by atoms with Crippen LogP contribution in [0, 0.1) is 6.92 Å². The first-order chi connectivity index (χ1) is 9.06. The van der Waals surface area contributed by atoms with Crippen LogP contribution in [0.5, 0.6) is 0 Å². The summed E-state index contributed by atoms with van der Waals surface area (Å²) < 4.78 is 1.77. The normalized spacial score (nSPS) is 10.3. The lowest BCUT2D eigenvalue weighted by atomic mass is 10.2. The van der Waals surface area contributed by atoms with Crippen LogP contribution >= 0.6 is 11.6 Å². The molecule has 5 nitrogen and oxygen atoms in total. The molecule has 2 amide bonds. The van der Waals surface area contributed by atoms with E-state index in [0.29, 0.717) is 17.3 Å². The molecular weight excluding hydrogens is 264 g/mol. The van der Waals surface area contributed by atoms with Crippen molar-refractivity contribution in [2.24, 2.45) is 7.05 Å². The zero-order valence-electron chi connectivity index (χ0n) is 10.8. The van der Waals surface area contributed by atoms with E-state index in [4.69, 9.17) is 11.6 Å². The Kier molecular flexibility index (Phi) is 4.06. The molecule has 1 heterocycles. The number of amides is 2. The highest BCUT2D eigenvalue weighted by molar-refractivity contribution is 6.30. The van der Waals surface area contributed by atoms with Gasteiger partial charge in [-0.25, -0.2) is 4.79 Å². The molecule has 2 N–H and O–H groups in total. The number of aryl methyl sites for hydroxylation is 1. The smallest absolute Gasteiger partial charge is 0.319 e.